The average Bonchev–Trinajstić information content (AvgIpc) is 1.55. The molecule has 6 fully saturated rings. The molecular formula is C69H93Br2MgN13O15S+2. The van der Waals surface area contributed by atoms with Gasteiger partial charge >= 0.3 is 29.0 Å². The smallest absolute Gasteiger partial charge is 0.480 e. The van der Waals surface area contributed by atoms with Crippen molar-refractivity contribution in [2.45, 2.75) is 166 Å². The van der Waals surface area contributed by atoms with Crippen LogP contribution in [0.4, 0.5) is 0 Å². The Kier molecular flexibility index (Phi) is 22.1. The second-order valence-corrected chi connectivity index (χ2v) is 32.8. The molecular weight excluding hydrogens is 1470 g/mol. The number of carbonyl (C=O) groups is 7. The summed E-state index contributed by atoms with van der Waals surface area (Å²) in [5, 5.41) is 47.5. The first-order chi connectivity index (χ1) is 46.8. The van der Waals surface area contributed by atoms with Crippen LogP contribution in [0.2, 0.25) is 0 Å². The van der Waals surface area contributed by atoms with Crippen LogP contribution in [0.1, 0.15) is 116 Å². The summed E-state index contributed by atoms with van der Waals surface area (Å²) in [6, 6.07) is 9.53. The molecule has 12 atom stereocenters. The van der Waals surface area contributed by atoms with Gasteiger partial charge in [0.1, 0.15) is 30.7 Å². The molecule has 544 valence electrons. The number of ether oxygens (including phenoxy) is 2. The Labute approximate surface area is 620 Å². The Morgan fingerprint density at radius 3 is 1.39 bits per heavy atom. The summed E-state index contributed by atoms with van der Waals surface area (Å²) < 4.78 is 40.7. The molecule has 0 saturated carbocycles. The fourth-order valence-electron chi connectivity index (χ4n) is 16.6. The molecule has 0 bridgehead atoms. The first-order valence-electron chi connectivity index (χ1n) is 34.2. The number of amides is 6. The van der Waals surface area contributed by atoms with Crippen molar-refractivity contribution in [2.75, 3.05) is 60.1 Å². The second kappa shape index (κ2) is 28.8. The van der Waals surface area contributed by atoms with Crippen LogP contribution in [0.25, 0.3) is 33.0 Å². The number of carboxylic acids is 1. The molecule has 0 spiro atoms. The fourth-order valence-corrected chi connectivity index (χ4v) is 17.7. The number of hydrogen-bond acceptors (Lipinski definition) is 16. The number of piperazine rings is 2. The number of fused-ring (bicyclic) bond motifs is 10. The Balaban J connectivity index is 0.000000182. The zero-order valence-corrected chi connectivity index (χ0v) is 64.5. The van der Waals surface area contributed by atoms with Crippen molar-refractivity contribution in [3.63, 3.8) is 0 Å². The summed E-state index contributed by atoms with van der Waals surface area (Å²) in [6.45, 7) is 16.9. The number of nitrogens with one attached hydrogen (secondary N) is 5. The van der Waals surface area contributed by atoms with E-state index in [1.807, 2.05) is 66.1 Å². The number of guanidine groups is 1. The number of carbonyl (C=O) groups excluding carboxylic acids is 6. The minimum Gasteiger partial charge on any atom is -0.480 e. The minimum absolute atomic E-state index is 0. The number of halogens is 2. The van der Waals surface area contributed by atoms with E-state index in [1.54, 1.807) is 37.5 Å². The van der Waals surface area contributed by atoms with Crippen molar-refractivity contribution in [1.29, 1.82) is 5.41 Å². The van der Waals surface area contributed by atoms with E-state index in [0.717, 1.165) is 73.1 Å². The van der Waals surface area contributed by atoms with Gasteiger partial charge in [0.25, 0.3) is 33.8 Å². The largest absolute Gasteiger partial charge is 2.00 e. The molecule has 6 amide bonds. The van der Waals surface area contributed by atoms with Crippen molar-refractivity contribution in [2.24, 2.45) is 41.2 Å². The van der Waals surface area contributed by atoms with Gasteiger partial charge in [0.05, 0.1) is 27.3 Å². The van der Waals surface area contributed by atoms with Crippen LogP contribution in [-0.4, -0.2) is 263 Å². The van der Waals surface area contributed by atoms with Gasteiger partial charge in [-0.1, -0.05) is 91.8 Å². The molecule has 2 aromatic heterocycles. The molecule has 10 heterocycles. The van der Waals surface area contributed by atoms with Gasteiger partial charge in [0.2, 0.25) is 35.1 Å². The van der Waals surface area contributed by atoms with Crippen LogP contribution in [0.15, 0.2) is 57.8 Å². The van der Waals surface area contributed by atoms with Gasteiger partial charge in [-0.05, 0) is 155 Å². The summed E-state index contributed by atoms with van der Waals surface area (Å²) in [7, 11) is 1.83. The zero-order valence-electron chi connectivity index (χ0n) is 59.1. The maximum Gasteiger partial charge on any atom is 2.00 e. The van der Waals surface area contributed by atoms with Gasteiger partial charge in [0.15, 0.2) is 5.96 Å². The summed E-state index contributed by atoms with van der Waals surface area (Å²) in [4.78, 5) is 113. The molecule has 6 saturated heterocycles. The number of aromatic nitrogens is 2. The summed E-state index contributed by atoms with van der Waals surface area (Å²) in [5.74, 6) is -9.26. The molecule has 8 aliphatic heterocycles. The van der Waals surface area contributed by atoms with Crippen molar-refractivity contribution >= 4 is 145 Å². The molecule has 2 aromatic carbocycles. The van der Waals surface area contributed by atoms with E-state index in [0.29, 0.717) is 58.1 Å². The molecule has 32 heteroatoms. The van der Waals surface area contributed by atoms with Gasteiger partial charge in [-0.2, -0.15) is 8.42 Å². The van der Waals surface area contributed by atoms with Gasteiger partial charge in [-0.15, -0.1) is 0 Å². The van der Waals surface area contributed by atoms with Crippen LogP contribution in [0.3, 0.4) is 0 Å². The fraction of sp³-hybridized carbons (Fsp3) is 0.594. The predicted molar refractivity (Wildman–Crippen MR) is 384 cm³/mol. The number of H-pyrrole nitrogens is 2. The Morgan fingerprint density at radius 1 is 0.703 bits per heavy atom. The molecule has 0 unspecified atom stereocenters. The number of aliphatic hydroxyl groups is 2. The third-order valence-corrected chi connectivity index (χ3v) is 22.6. The van der Waals surface area contributed by atoms with Crippen LogP contribution in [0, 0.1) is 40.9 Å². The number of benzene rings is 2. The van der Waals surface area contributed by atoms with E-state index < -0.39 is 99.0 Å². The van der Waals surface area contributed by atoms with Crippen LogP contribution in [0.5, 0.6) is 0 Å². The third kappa shape index (κ3) is 13.8. The Bertz CT molecular complexity index is 3950. The molecule has 10 aliphatic rings. The molecule has 28 nitrogen and oxygen atoms in total. The van der Waals surface area contributed by atoms with E-state index >= 15 is 0 Å². The van der Waals surface area contributed by atoms with Crippen LogP contribution in [-0.2, 0) is 66.0 Å². The zero-order chi connectivity index (χ0) is 73.1. The van der Waals surface area contributed by atoms with Crippen molar-refractivity contribution in [3.05, 3.63) is 80.0 Å². The quantitative estimate of drug-likeness (QED) is 0.0406. The van der Waals surface area contributed by atoms with Gasteiger partial charge in [-0.3, -0.25) is 72.6 Å². The SMILES string of the molecule is CC(C)C[C@H]1C(=O)N2CCC[C@H]2[C@]2(O)O[C@](NC(=O)[C@@H]3C=C4c5cccc6[nH]c(Br)c(c56)C[C@H]4N(C)C3)(C(C)C)C(=O)N12.CC(C)C[C@H]1C(=O)N2CCC[C@H]2[C@]2(O)O[C@](NC(=O)[C@@H]3C=C4c5cccc6[nH]c(Br)c(c56)C[C@H]4N(C)C3)(C(C)C)C(=O)N12.CN(CC(=O)O)C(=N)N.CS(=O)(=O)O.[Mg+2]. The number of nitrogens with zero attached hydrogens (tertiary/aromatic N) is 7. The number of nitrogens with two attached hydrogens (primary N) is 1. The van der Waals surface area contributed by atoms with E-state index in [4.69, 9.17) is 30.3 Å². The maximum absolute atomic E-state index is 14.4. The summed E-state index contributed by atoms with van der Waals surface area (Å²) in [5.41, 5.74) is 10.3. The second-order valence-electron chi connectivity index (χ2n) is 29.7. The molecule has 14 rings (SSSR count). The molecule has 11 N–H and O–H groups in total. The number of aromatic amines is 2. The molecule has 101 heavy (non-hydrogen) atoms. The third-order valence-electron chi connectivity index (χ3n) is 21.3. The average molecular weight is 1560 g/mol. The van der Waals surface area contributed by atoms with Gasteiger partial charge in [0, 0.05) is 79.0 Å². The first-order valence-corrected chi connectivity index (χ1v) is 37.6. The van der Waals surface area contributed by atoms with Gasteiger partial charge < -0.3 is 56.4 Å². The number of rotatable bonds is 12. The first kappa shape index (κ1) is 77.6. The number of hydrogen-bond donors (Lipinski definition) is 10. The minimum atomic E-state index is -3.67. The summed E-state index contributed by atoms with van der Waals surface area (Å²) >= 11 is 7.40. The summed E-state index contributed by atoms with van der Waals surface area (Å²) in [6.07, 6.45) is 9.69. The number of likely N-dealkylation sites (N-methyl/N-ethyl adjacent to an activating group) is 3. The standard InChI is InChI=1S/2C32H40BrN5O5.C4H9N3O2.CH4O3S.Mg/c2*1-16(2)12-24-29(40)37-11-7-10-25(37)32(42)38(24)30(41)31(43-32,17(3)4)35-28(39)18-13-20-19-8-6-9-22-26(19)21(27(33)34-22)14-23(20)36(5)15-18;1-7(4(5)6)2-3(8)9;1-5(2,3)4;/h2*6,8-9,13,16-18,23-25,34,42H,7,10-12,14-15H2,1-5H3,(H,35,39);2H2,1H3,(H3,5,6)(H,8,9);1H3,(H,2,3,4);/q;;;;+2/t2*18-,23-,24+,25+,31-,32+;;;/m11.../s1. The van der Waals surface area contributed by atoms with E-state index in [1.165, 1.54) is 38.7 Å². The van der Waals surface area contributed by atoms with E-state index in [9.17, 15) is 52.2 Å². The maximum atomic E-state index is 14.4. The molecule has 2 aliphatic carbocycles. The van der Waals surface area contributed by atoms with Crippen molar-refractivity contribution in [3.8, 4) is 0 Å². The Morgan fingerprint density at radius 2 is 1.07 bits per heavy atom. The normalized spacial score (nSPS) is 30.1. The van der Waals surface area contributed by atoms with Crippen molar-refractivity contribution < 1.29 is 71.3 Å². The molecule has 0 radical (unpaired) electrons. The topological polar surface area (TPSA) is 381 Å². The van der Waals surface area contributed by atoms with Crippen LogP contribution < -0.4 is 16.4 Å². The van der Waals surface area contributed by atoms with Crippen LogP contribution >= 0.6 is 31.9 Å². The molecule has 4 aromatic rings. The Hall–Kier alpha value is -6.04. The van der Waals surface area contributed by atoms with E-state index in [2.05, 4.69) is 86.5 Å². The monoisotopic (exact) mass is 1560 g/mol. The number of aliphatic carboxylic acids is 1. The number of carboxylic acid groups (broad SMARTS) is 1. The van der Waals surface area contributed by atoms with Crippen molar-refractivity contribution in [1.82, 2.24) is 54.9 Å². The van der Waals surface area contributed by atoms with E-state index in [-0.39, 0.29) is 83.1 Å². The predicted octanol–water partition coefficient (Wildman–Crippen LogP) is 4.41. The van der Waals surface area contributed by atoms with Gasteiger partial charge in [-0.25, -0.2) is 0 Å².